The number of benzene rings is 2. The molecule has 6 nitrogen and oxygen atoms in total. The summed E-state index contributed by atoms with van der Waals surface area (Å²) in [6.07, 6.45) is 6.24. The van der Waals surface area contributed by atoms with Crippen molar-refractivity contribution in [2.75, 3.05) is 12.0 Å². The minimum absolute atomic E-state index is 0.0164. The van der Waals surface area contributed by atoms with Crippen LogP contribution in [0.25, 0.3) is 0 Å². The highest BCUT2D eigenvalue weighted by molar-refractivity contribution is 5.80. The van der Waals surface area contributed by atoms with Gasteiger partial charge in [-0.15, -0.1) is 0 Å². The fourth-order valence-corrected chi connectivity index (χ4v) is 2.81. The molecule has 0 aliphatic carbocycles. The van der Waals surface area contributed by atoms with Gasteiger partial charge in [0, 0.05) is 29.6 Å². The zero-order valence-electron chi connectivity index (χ0n) is 13.5. The molecule has 2 aromatic carbocycles. The van der Waals surface area contributed by atoms with Crippen LogP contribution in [0.1, 0.15) is 11.6 Å². The molecule has 0 amide bonds. The molecule has 0 bridgehead atoms. The van der Waals surface area contributed by atoms with Gasteiger partial charge in [0.15, 0.2) is 0 Å². The lowest BCUT2D eigenvalue weighted by molar-refractivity contribution is -0.384. The van der Waals surface area contributed by atoms with Crippen molar-refractivity contribution >= 4 is 17.7 Å². The van der Waals surface area contributed by atoms with E-state index in [1.54, 1.807) is 31.4 Å². The maximum absolute atomic E-state index is 11.5. The number of aldehydes is 1. The van der Waals surface area contributed by atoms with Gasteiger partial charge in [-0.25, -0.2) is 0 Å². The molecule has 0 N–H and O–H groups in total. The number of anilines is 1. The molecule has 1 heterocycles. The molecule has 0 unspecified atom stereocenters. The second-order valence-electron chi connectivity index (χ2n) is 5.48. The second-order valence-corrected chi connectivity index (χ2v) is 5.48. The van der Waals surface area contributed by atoms with Crippen LogP contribution in [-0.2, 0) is 4.79 Å². The molecule has 0 fully saturated rings. The van der Waals surface area contributed by atoms with E-state index in [4.69, 9.17) is 4.74 Å². The lowest BCUT2D eigenvalue weighted by Gasteiger charge is -2.33. The van der Waals surface area contributed by atoms with Gasteiger partial charge in [0.05, 0.1) is 18.1 Å². The Labute approximate surface area is 144 Å². The van der Waals surface area contributed by atoms with Crippen molar-refractivity contribution in [3.05, 3.63) is 88.1 Å². The van der Waals surface area contributed by atoms with E-state index in [0.29, 0.717) is 5.57 Å². The standard InChI is InChI=1S/C19H16N2O4/c1-25-18-10-8-16(9-11-18)20-12-2-3-15(13-22)19(20)14-4-6-17(7-5-14)21(23)24/h2-13,19H,1H3/t19-/m1/s1. The lowest BCUT2D eigenvalue weighted by Crippen LogP contribution is -2.27. The van der Waals surface area contributed by atoms with Crippen molar-refractivity contribution in [1.82, 2.24) is 0 Å². The van der Waals surface area contributed by atoms with E-state index in [0.717, 1.165) is 23.3 Å². The van der Waals surface area contributed by atoms with Crippen LogP contribution in [-0.4, -0.2) is 18.3 Å². The van der Waals surface area contributed by atoms with Crippen LogP contribution < -0.4 is 9.64 Å². The molecule has 0 spiro atoms. The first-order chi connectivity index (χ1) is 12.1. The Morgan fingerprint density at radius 3 is 2.36 bits per heavy atom. The number of methoxy groups -OCH3 is 1. The second kappa shape index (κ2) is 7.00. The molecule has 3 rings (SSSR count). The SMILES string of the molecule is COc1ccc(N2C=CC=C(C=O)[C@H]2c2ccc([N+](=O)[O-])cc2)cc1. The smallest absolute Gasteiger partial charge is 0.269 e. The van der Waals surface area contributed by atoms with Gasteiger partial charge in [-0.1, -0.05) is 6.08 Å². The highest BCUT2D eigenvalue weighted by Gasteiger charge is 2.25. The first-order valence-corrected chi connectivity index (χ1v) is 7.64. The number of hydrogen-bond acceptors (Lipinski definition) is 5. The van der Waals surface area contributed by atoms with Crippen LogP contribution in [0, 0.1) is 10.1 Å². The quantitative estimate of drug-likeness (QED) is 0.472. The van der Waals surface area contributed by atoms with Crippen molar-refractivity contribution < 1.29 is 14.5 Å². The van der Waals surface area contributed by atoms with Crippen molar-refractivity contribution in [1.29, 1.82) is 0 Å². The molecule has 0 saturated heterocycles. The molecular formula is C19H16N2O4. The fourth-order valence-electron chi connectivity index (χ4n) is 2.81. The number of non-ortho nitro benzene ring substituents is 1. The van der Waals surface area contributed by atoms with E-state index in [9.17, 15) is 14.9 Å². The molecule has 0 aromatic heterocycles. The van der Waals surface area contributed by atoms with Crippen LogP contribution in [0.5, 0.6) is 5.75 Å². The van der Waals surface area contributed by atoms with E-state index < -0.39 is 4.92 Å². The first kappa shape index (κ1) is 16.4. The van der Waals surface area contributed by atoms with Crippen molar-refractivity contribution in [2.24, 2.45) is 0 Å². The number of carbonyl (C=O) groups excluding carboxylic acids is 1. The molecule has 6 heteroatoms. The van der Waals surface area contributed by atoms with Gasteiger partial charge in [-0.3, -0.25) is 14.9 Å². The molecule has 1 aliphatic rings. The van der Waals surface area contributed by atoms with Crippen LogP contribution in [0.3, 0.4) is 0 Å². The van der Waals surface area contributed by atoms with Gasteiger partial charge >= 0.3 is 0 Å². The Hall–Kier alpha value is -3.41. The minimum Gasteiger partial charge on any atom is -0.497 e. The van der Waals surface area contributed by atoms with Gasteiger partial charge in [0.2, 0.25) is 0 Å². The van der Waals surface area contributed by atoms with Crippen molar-refractivity contribution in [3.8, 4) is 5.75 Å². The third-order valence-electron chi connectivity index (χ3n) is 4.06. The molecule has 126 valence electrons. The summed E-state index contributed by atoms with van der Waals surface area (Å²) in [6.45, 7) is 0. The topological polar surface area (TPSA) is 72.7 Å². The highest BCUT2D eigenvalue weighted by atomic mass is 16.6. The summed E-state index contributed by atoms with van der Waals surface area (Å²) in [5.74, 6) is 0.739. The van der Waals surface area contributed by atoms with Crippen LogP contribution in [0.2, 0.25) is 0 Å². The Bertz CT molecular complexity index is 839. The summed E-state index contributed by atoms with van der Waals surface area (Å²) in [5, 5.41) is 10.9. The average Bonchev–Trinajstić information content (AvgIpc) is 2.67. The number of nitro benzene ring substituents is 1. The molecule has 2 aromatic rings. The number of carbonyl (C=O) groups is 1. The fraction of sp³-hybridized carbons (Fsp3) is 0.105. The third-order valence-corrected chi connectivity index (χ3v) is 4.06. The summed E-state index contributed by atoms with van der Waals surface area (Å²) >= 11 is 0. The van der Waals surface area contributed by atoms with E-state index in [2.05, 4.69) is 0 Å². The molecule has 25 heavy (non-hydrogen) atoms. The number of hydrogen-bond donors (Lipinski definition) is 0. The van der Waals surface area contributed by atoms with Gasteiger partial charge in [-0.05, 0) is 48.0 Å². The zero-order chi connectivity index (χ0) is 17.8. The Morgan fingerprint density at radius 2 is 1.80 bits per heavy atom. The van der Waals surface area contributed by atoms with Gasteiger partial charge in [0.1, 0.15) is 12.0 Å². The number of allylic oxidation sites excluding steroid dienone is 2. The highest BCUT2D eigenvalue weighted by Crippen LogP contribution is 2.36. The van der Waals surface area contributed by atoms with E-state index in [1.165, 1.54) is 12.1 Å². The largest absolute Gasteiger partial charge is 0.497 e. The van der Waals surface area contributed by atoms with E-state index in [-0.39, 0.29) is 11.7 Å². The summed E-state index contributed by atoms with van der Waals surface area (Å²) in [5.41, 5.74) is 2.27. The maximum Gasteiger partial charge on any atom is 0.269 e. The van der Waals surface area contributed by atoms with E-state index in [1.807, 2.05) is 35.4 Å². The first-order valence-electron chi connectivity index (χ1n) is 7.64. The zero-order valence-corrected chi connectivity index (χ0v) is 13.5. The number of ether oxygens (including phenoxy) is 1. The van der Waals surface area contributed by atoms with E-state index >= 15 is 0 Å². The maximum atomic E-state index is 11.5. The summed E-state index contributed by atoms with van der Waals surface area (Å²) < 4.78 is 5.18. The Balaban J connectivity index is 2.00. The molecule has 0 radical (unpaired) electrons. The summed E-state index contributed by atoms with van der Waals surface area (Å²) in [4.78, 5) is 23.9. The molecule has 1 aliphatic heterocycles. The third kappa shape index (κ3) is 3.28. The van der Waals surface area contributed by atoms with Gasteiger partial charge in [0.25, 0.3) is 5.69 Å². The number of nitro groups is 1. The monoisotopic (exact) mass is 336 g/mol. The average molecular weight is 336 g/mol. The van der Waals surface area contributed by atoms with Crippen LogP contribution in [0.15, 0.2) is 72.5 Å². The molecular weight excluding hydrogens is 320 g/mol. The van der Waals surface area contributed by atoms with Crippen molar-refractivity contribution in [2.45, 2.75) is 6.04 Å². The lowest BCUT2D eigenvalue weighted by atomic mass is 9.95. The van der Waals surface area contributed by atoms with Crippen LogP contribution >= 0.6 is 0 Å². The van der Waals surface area contributed by atoms with Crippen LogP contribution in [0.4, 0.5) is 11.4 Å². The normalized spacial score (nSPS) is 16.3. The summed E-state index contributed by atoms with van der Waals surface area (Å²) in [6, 6.07) is 13.4. The van der Waals surface area contributed by atoms with Gasteiger partial charge in [-0.2, -0.15) is 0 Å². The minimum atomic E-state index is -0.442. The molecule has 0 saturated carbocycles. The Kier molecular flexibility index (Phi) is 4.61. The predicted octanol–water partition coefficient (Wildman–Crippen LogP) is 3.80. The van der Waals surface area contributed by atoms with Crippen molar-refractivity contribution in [3.63, 3.8) is 0 Å². The number of nitrogens with zero attached hydrogens (tertiary/aromatic N) is 2. The van der Waals surface area contributed by atoms with Gasteiger partial charge < -0.3 is 9.64 Å². The summed E-state index contributed by atoms with van der Waals surface area (Å²) in [7, 11) is 1.60. The number of rotatable bonds is 5. The molecule has 1 atom stereocenters. The Morgan fingerprint density at radius 1 is 1.12 bits per heavy atom. The predicted molar refractivity (Wildman–Crippen MR) is 94.6 cm³/mol.